The first-order valence-electron chi connectivity index (χ1n) is 5.86. The standard InChI is InChI=1S/C11H19N3O4S2/c1-8-6-10(12)9(2)11(7-8)20(17,18)14-4-5-19(15,16)13-3/h6-7,13-14H,4-5,12H2,1-3H3. The summed E-state index contributed by atoms with van der Waals surface area (Å²) in [4.78, 5) is 0.0665. The zero-order valence-electron chi connectivity index (χ0n) is 11.6. The van der Waals surface area contributed by atoms with Gasteiger partial charge in [-0.2, -0.15) is 0 Å². The van der Waals surface area contributed by atoms with E-state index in [9.17, 15) is 16.8 Å². The Morgan fingerprint density at radius 2 is 1.75 bits per heavy atom. The Balaban J connectivity index is 2.96. The number of rotatable bonds is 6. The molecule has 114 valence electrons. The fourth-order valence-electron chi connectivity index (χ4n) is 1.62. The van der Waals surface area contributed by atoms with E-state index in [1.165, 1.54) is 13.1 Å². The number of aryl methyl sites for hydroxylation is 1. The van der Waals surface area contributed by atoms with Gasteiger partial charge in [0, 0.05) is 12.2 Å². The second-order valence-electron chi connectivity index (χ2n) is 4.40. The Hall–Kier alpha value is -1.16. The zero-order chi connectivity index (χ0) is 15.6. The summed E-state index contributed by atoms with van der Waals surface area (Å²) in [6.07, 6.45) is 0. The molecule has 0 bridgehead atoms. The molecule has 7 nitrogen and oxygen atoms in total. The van der Waals surface area contributed by atoms with Crippen molar-refractivity contribution < 1.29 is 16.8 Å². The van der Waals surface area contributed by atoms with Crippen molar-refractivity contribution in [1.82, 2.24) is 9.44 Å². The highest BCUT2D eigenvalue weighted by Gasteiger charge is 2.19. The van der Waals surface area contributed by atoms with Gasteiger partial charge in [0.15, 0.2) is 0 Å². The summed E-state index contributed by atoms with van der Waals surface area (Å²) < 4.78 is 51.1. The van der Waals surface area contributed by atoms with Crippen molar-refractivity contribution in [1.29, 1.82) is 0 Å². The van der Waals surface area contributed by atoms with E-state index in [2.05, 4.69) is 9.44 Å². The fraction of sp³-hybridized carbons (Fsp3) is 0.455. The second-order valence-corrected chi connectivity index (χ2v) is 8.18. The first-order valence-corrected chi connectivity index (χ1v) is 9.00. The van der Waals surface area contributed by atoms with Gasteiger partial charge in [0.1, 0.15) is 0 Å². The summed E-state index contributed by atoms with van der Waals surface area (Å²) in [6.45, 7) is 3.13. The summed E-state index contributed by atoms with van der Waals surface area (Å²) in [6, 6.07) is 3.18. The van der Waals surface area contributed by atoms with Crippen LogP contribution in [0.2, 0.25) is 0 Å². The van der Waals surface area contributed by atoms with E-state index in [4.69, 9.17) is 5.73 Å². The highest BCUT2D eigenvalue weighted by molar-refractivity contribution is 7.90. The van der Waals surface area contributed by atoms with Gasteiger partial charge in [0.05, 0.1) is 10.6 Å². The number of nitrogen functional groups attached to an aromatic ring is 1. The average Bonchev–Trinajstić information content (AvgIpc) is 2.33. The van der Waals surface area contributed by atoms with Gasteiger partial charge in [-0.15, -0.1) is 0 Å². The quantitative estimate of drug-likeness (QED) is 0.622. The molecule has 0 radical (unpaired) electrons. The Kier molecular flexibility index (Phi) is 5.14. The van der Waals surface area contributed by atoms with Gasteiger partial charge in [-0.05, 0) is 44.2 Å². The molecule has 4 N–H and O–H groups in total. The largest absolute Gasteiger partial charge is 0.398 e. The highest BCUT2D eigenvalue weighted by atomic mass is 32.2. The number of nitrogens with two attached hydrogens (primary N) is 1. The van der Waals surface area contributed by atoms with Crippen molar-refractivity contribution in [3.05, 3.63) is 23.3 Å². The van der Waals surface area contributed by atoms with Crippen LogP contribution in [0.3, 0.4) is 0 Å². The number of anilines is 1. The molecule has 0 fully saturated rings. The molecule has 0 heterocycles. The predicted octanol–water partition coefficient (Wildman–Crippen LogP) is -0.287. The number of nitrogens with one attached hydrogen (secondary N) is 2. The van der Waals surface area contributed by atoms with E-state index in [1.807, 2.05) is 0 Å². The normalized spacial score (nSPS) is 12.6. The molecule has 0 atom stereocenters. The van der Waals surface area contributed by atoms with Crippen LogP contribution in [0.15, 0.2) is 17.0 Å². The number of hydrogen-bond donors (Lipinski definition) is 3. The van der Waals surface area contributed by atoms with Crippen LogP contribution in [0.4, 0.5) is 5.69 Å². The Bertz CT molecular complexity index is 697. The molecule has 0 aromatic heterocycles. The van der Waals surface area contributed by atoms with Gasteiger partial charge in [-0.25, -0.2) is 26.3 Å². The summed E-state index contributed by atoms with van der Waals surface area (Å²) in [5.41, 5.74) is 7.28. The molecular weight excluding hydrogens is 302 g/mol. The molecule has 1 rings (SSSR count). The van der Waals surface area contributed by atoms with E-state index >= 15 is 0 Å². The molecule has 0 saturated carbocycles. The second kappa shape index (κ2) is 6.08. The molecule has 0 spiro atoms. The minimum atomic E-state index is -3.79. The molecule has 0 saturated heterocycles. The van der Waals surface area contributed by atoms with Gasteiger partial charge < -0.3 is 5.73 Å². The van der Waals surface area contributed by atoms with Crippen LogP contribution in [-0.4, -0.2) is 36.2 Å². The summed E-state index contributed by atoms with van der Waals surface area (Å²) in [7, 11) is -5.97. The van der Waals surface area contributed by atoms with E-state index < -0.39 is 20.0 Å². The van der Waals surface area contributed by atoms with Crippen molar-refractivity contribution in [2.75, 3.05) is 25.1 Å². The highest BCUT2D eigenvalue weighted by Crippen LogP contribution is 2.22. The smallest absolute Gasteiger partial charge is 0.240 e. The van der Waals surface area contributed by atoms with Crippen molar-refractivity contribution in [2.45, 2.75) is 18.7 Å². The lowest BCUT2D eigenvalue weighted by Gasteiger charge is -2.12. The number of sulfonamides is 2. The third kappa shape index (κ3) is 4.17. The summed E-state index contributed by atoms with van der Waals surface area (Å²) >= 11 is 0. The molecule has 20 heavy (non-hydrogen) atoms. The fourth-order valence-corrected chi connectivity index (χ4v) is 3.71. The SMILES string of the molecule is CNS(=O)(=O)CCNS(=O)(=O)c1cc(C)cc(N)c1C. The lowest BCUT2D eigenvalue weighted by atomic mass is 10.1. The molecule has 0 aliphatic rings. The maximum atomic E-state index is 12.1. The van der Waals surface area contributed by atoms with Crippen LogP contribution in [0, 0.1) is 13.8 Å². The van der Waals surface area contributed by atoms with Gasteiger partial charge in [-0.1, -0.05) is 0 Å². The predicted molar refractivity (Wildman–Crippen MR) is 78.4 cm³/mol. The molecule has 0 aliphatic carbocycles. The Labute approximate surface area is 119 Å². The molecule has 1 aromatic rings. The maximum Gasteiger partial charge on any atom is 0.240 e. The van der Waals surface area contributed by atoms with Crippen LogP contribution in [-0.2, 0) is 20.0 Å². The third-order valence-corrected chi connectivity index (χ3v) is 5.76. The van der Waals surface area contributed by atoms with Crippen molar-refractivity contribution >= 4 is 25.7 Å². The molecular formula is C11H19N3O4S2. The van der Waals surface area contributed by atoms with Crippen LogP contribution in [0.1, 0.15) is 11.1 Å². The molecule has 0 unspecified atom stereocenters. The zero-order valence-corrected chi connectivity index (χ0v) is 13.2. The van der Waals surface area contributed by atoms with Gasteiger partial charge in [0.2, 0.25) is 20.0 Å². The van der Waals surface area contributed by atoms with Crippen LogP contribution in [0.5, 0.6) is 0 Å². The van der Waals surface area contributed by atoms with Crippen molar-refractivity contribution in [3.8, 4) is 0 Å². The minimum absolute atomic E-state index is 0.0665. The molecule has 9 heteroatoms. The molecule has 0 amide bonds. The van der Waals surface area contributed by atoms with E-state index in [1.54, 1.807) is 19.9 Å². The minimum Gasteiger partial charge on any atom is -0.398 e. The van der Waals surface area contributed by atoms with E-state index in [-0.39, 0.29) is 17.2 Å². The first kappa shape index (κ1) is 16.9. The van der Waals surface area contributed by atoms with Crippen LogP contribution in [0.25, 0.3) is 0 Å². The third-order valence-electron chi connectivity index (χ3n) is 2.81. The first-order chi connectivity index (χ1) is 9.09. The molecule has 1 aromatic carbocycles. The lowest BCUT2D eigenvalue weighted by molar-refractivity contribution is 0.578. The monoisotopic (exact) mass is 321 g/mol. The topological polar surface area (TPSA) is 118 Å². The van der Waals surface area contributed by atoms with Crippen LogP contribution < -0.4 is 15.2 Å². The lowest BCUT2D eigenvalue weighted by Crippen LogP contribution is -2.33. The summed E-state index contributed by atoms with van der Waals surface area (Å²) in [5, 5.41) is 0. The molecule has 0 aliphatic heterocycles. The van der Waals surface area contributed by atoms with Gasteiger partial charge in [0.25, 0.3) is 0 Å². The Morgan fingerprint density at radius 3 is 2.30 bits per heavy atom. The van der Waals surface area contributed by atoms with Crippen LogP contribution >= 0.6 is 0 Å². The number of benzene rings is 1. The number of hydrogen-bond acceptors (Lipinski definition) is 5. The van der Waals surface area contributed by atoms with Gasteiger partial charge >= 0.3 is 0 Å². The maximum absolute atomic E-state index is 12.1. The van der Waals surface area contributed by atoms with Crippen molar-refractivity contribution in [3.63, 3.8) is 0 Å². The van der Waals surface area contributed by atoms with E-state index in [0.29, 0.717) is 11.3 Å². The van der Waals surface area contributed by atoms with Crippen molar-refractivity contribution in [2.24, 2.45) is 0 Å². The Morgan fingerprint density at radius 1 is 1.15 bits per heavy atom. The van der Waals surface area contributed by atoms with Gasteiger partial charge in [-0.3, -0.25) is 0 Å². The average molecular weight is 321 g/mol. The summed E-state index contributed by atoms with van der Waals surface area (Å²) in [5.74, 6) is -0.330. The van der Waals surface area contributed by atoms with E-state index in [0.717, 1.165) is 5.56 Å².